The van der Waals surface area contributed by atoms with Gasteiger partial charge in [0.25, 0.3) is 5.91 Å². The molecule has 0 bridgehead atoms. The van der Waals surface area contributed by atoms with E-state index in [1.54, 1.807) is 17.9 Å². The van der Waals surface area contributed by atoms with Gasteiger partial charge in [-0.2, -0.15) is 5.10 Å². The number of carbonyl (C=O) groups excluding carboxylic acids is 1. The summed E-state index contributed by atoms with van der Waals surface area (Å²) in [5.74, 6) is -1.19. The van der Waals surface area contributed by atoms with Crippen molar-refractivity contribution >= 4 is 11.9 Å². The summed E-state index contributed by atoms with van der Waals surface area (Å²) in [5.41, 5.74) is 0.894. The van der Waals surface area contributed by atoms with E-state index < -0.39 is 12.0 Å². The van der Waals surface area contributed by atoms with E-state index in [0.717, 1.165) is 0 Å². The first kappa shape index (κ1) is 16.2. The van der Waals surface area contributed by atoms with Gasteiger partial charge in [0.2, 0.25) is 0 Å². The number of rotatable bonds is 5. The molecular weight excluding hydrogens is 258 g/mol. The van der Waals surface area contributed by atoms with E-state index in [0.29, 0.717) is 17.7 Å². The quantitative estimate of drug-likeness (QED) is 0.858. The van der Waals surface area contributed by atoms with Crippen LogP contribution in [-0.4, -0.2) is 32.8 Å². The molecule has 1 atom stereocenters. The van der Waals surface area contributed by atoms with Crippen LogP contribution in [-0.2, 0) is 18.3 Å². The van der Waals surface area contributed by atoms with Crippen molar-refractivity contribution in [2.75, 3.05) is 0 Å². The molecule has 0 fully saturated rings. The van der Waals surface area contributed by atoms with Crippen molar-refractivity contribution in [2.45, 2.75) is 46.6 Å². The summed E-state index contributed by atoms with van der Waals surface area (Å²) in [6.45, 7) is 7.65. The lowest BCUT2D eigenvalue weighted by molar-refractivity contribution is -0.138. The number of hydrogen-bond donors (Lipinski definition) is 2. The standard InChI is InChI=1S/C14H23N3O3/c1-6-10-9(8-17(5)16-10)13(20)15-11(7-12(18)19)14(2,3)4/h8,11H,6-7H2,1-5H3,(H,15,20)(H,18,19). The molecule has 20 heavy (non-hydrogen) atoms. The topological polar surface area (TPSA) is 84.2 Å². The molecule has 0 saturated heterocycles. The van der Waals surface area contributed by atoms with Crippen LogP contribution in [0, 0.1) is 5.41 Å². The second kappa shape index (κ2) is 6.07. The molecule has 0 saturated carbocycles. The number of aliphatic carboxylic acids is 1. The first-order valence-electron chi connectivity index (χ1n) is 6.70. The lowest BCUT2D eigenvalue weighted by Crippen LogP contribution is -2.45. The molecule has 6 nitrogen and oxygen atoms in total. The van der Waals surface area contributed by atoms with Crippen molar-refractivity contribution in [1.82, 2.24) is 15.1 Å². The third kappa shape index (κ3) is 4.08. The van der Waals surface area contributed by atoms with E-state index in [-0.39, 0.29) is 17.7 Å². The zero-order valence-corrected chi connectivity index (χ0v) is 12.7. The third-order valence-corrected chi connectivity index (χ3v) is 3.21. The zero-order valence-electron chi connectivity index (χ0n) is 12.7. The molecule has 1 aromatic heterocycles. The molecule has 0 aliphatic rings. The molecule has 0 radical (unpaired) electrons. The van der Waals surface area contributed by atoms with Crippen molar-refractivity contribution in [2.24, 2.45) is 12.5 Å². The Morgan fingerprint density at radius 2 is 2.05 bits per heavy atom. The molecule has 1 heterocycles. The molecular formula is C14H23N3O3. The average molecular weight is 281 g/mol. The van der Waals surface area contributed by atoms with Gasteiger partial charge < -0.3 is 10.4 Å². The molecule has 112 valence electrons. The number of carboxylic acids is 1. The number of nitrogens with one attached hydrogen (secondary N) is 1. The van der Waals surface area contributed by atoms with Crippen LogP contribution < -0.4 is 5.32 Å². The van der Waals surface area contributed by atoms with Gasteiger partial charge >= 0.3 is 5.97 Å². The van der Waals surface area contributed by atoms with Crippen LogP contribution in [0.3, 0.4) is 0 Å². The fourth-order valence-corrected chi connectivity index (χ4v) is 1.97. The summed E-state index contributed by atoms with van der Waals surface area (Å²) >= 11 is 0. The number of nitrogens with zero attached hydrogens (tertiary/aromatic N) is 2. The van der Waals surface area contributed by atoms with E-state index in [1.165, 1.54) is 0 Å². The number of carbonyl (C=O) groups is 2. The molecule has 1 rings (SSSR count). The summed E-state index contributed by atoms with van der Waals surface area (Å²) in [7, 11) is 1.76. The van der Waals surface area contributed by atoms with Gasteiger partial charge in [-0.05, 0) is 11.8 Å². The maximum Gasteiger partial charge on any atom is 0.305 e. The van der Waals surface area contributed by atoms with Gasteiger partial charge in [-0.3, -0.25) is 14.3 Å². The van der Waals surface area contributed by atoms with Crippen molar-refractivity contribution < 1.29 is 14.7 Å². The molecule has 0 aromatic carbocycles. The SMILES string of the molecule is CCc1nn(C)cc1C(=O)NC(CC(=O)O)C(C)(C)C. The van der Waals surface area contributed by atoms with Crippen LogP contribution in [0.15, 0.2) is 6.20 Å². The van der Waals surface area contributed by atoms with Crippen LogP contribution in [0.1, 0.15) is 50.2 Å². The zero-order chi connectivity index (χ0) is 15.5. The Bertz CT molecular complexity index is 500. The lowest BCUT2D eigenvalue weighted by Gasteiger charge is -2.30. The first-order chi connectivity index (χ1) is 9.15. The number of aromatic nitrogens is 2. The normalized spacial score (nSPS) is 13.1. The summed E-state index contributed by atoms with van der Waals surface area (Å²) in [4.78, 5) is 23.3. The molecule has 0 aliphatic heterocycles. The summed E-state index contributed by atoms with van der Waals surface area (Å²) in [6, 6.07) is -0.433. The average Bonchev–Trinajstić information content (AvgIpc) is 2.67. The third-order valence-electron chi connectivity index (χ3n) is 3.21. The van der Waals surface area contributed by atoms with Crippen LogP contribution in [0.4, 0.5) is 0 Å². The molecule has 2 N–H and O–H groups in total. The lowest BCUT2D eigenvalue weighted by atomic mass is 9.84. The van der Waals surface area contributed by atoms with Gasteiger partial charge in [0.1, 0.15) is 0 Å². The Morgan fingerprint density at radius 3 is 2.50 bits per heavy atom. The van der Waals surface area contributed by atoms with Gasteiger partial charge in [0.05, 0.1) is 17.7 Å². The second-order valence-corrected chi connectivity index (χ2v) is 6.01. The molecule has 0 spiro atoms. The fourth-order valence-electron chi connectivity index (χ4n) is 1.97. The summed E-state index contributed by atoms with van der Waals surface area (Å²) < 4.78 is 1.59. The summed E-state index contributed by atoms with van der Waals surface area (Å²) in [5, 5.41) is 16.0. The number of aryl methyl sites for hydroxylation is 2. The van der Waals surface area contributed by atoms with E-state index in [1.807, 2.05) is 27.7 Å². The highest BCUT2D eigenvalue weighted by Gasteiger charge is 2.29. The minimum atomic E-state index is -0.924. The summed E-state index contributed by atoms with van der Waals surface area (Å²) in [6.07, 6.45) is 2.22. The molecule has 0 aliphatic carbocycles. The van der Waals surface area contributed by atoms with Crippen molar-refractivity contribution in [3.63, 3.8) is 0 Å². The van der Waals surface area contributed by atoms with Gasteiger partial charge in [-0.15, -0.1) is 0 Å². The Morgan fingerprint density at radius 1 is 1.45 bits per heavy atom. The van der Waals surface area contributed by atoms with E-state index in [4.69, 9.17) is 5.11 Å². The van der Waals surface area contributed by atoms with Crippen LogP contribution in [0.2, 0.25) is 0 Å². The maximum absolute atomic E-state index is 12.3. The molecule has 1 aromatic rings. The fraction of sp³-hybridized carbons (Fsp3) is 0.643. The smallest absolute Gasteiger partial charge is 0.305 e. The van der Waals surface area contributed by atoms with E-state index in [9.17, 15) is 9.59 Å². The van der Waals surface area contributed by atoms with Gasteiger partial charge in [-0.25, -0.2) is 0 Å². The minimum Gasteiger partial charge on any atom is -0.481 e. The molecule has 1 unspecified atom stereocenters. The Hall–Kier alpha value is -1.85. The van der Waals surface area contributed by atoms with Crippen molar-refractivity contribution in [3.8, 4) is 0 Å². The van der Waals surface area contributed by atoms with Gasteiger partial charge in [0.15, 0.2) is 0 Å². The highest BCUT2D eigenvalue weighted by Crippen LogP contribution is 2.22. The molecule has 1 amide bonds. The number of carboxylic acid groups (broad SMARTS) is 1. The minimum absolute atomic E-state index is 0.100. The van der Waals surface area contributed by atoms with E-state index >= 15 is 0 Å². The van der Waals surface area contributed by atoms with Crippen LogP contribution in [0.25, 0.3) is 0 Å². The van der Waals surface area contributed by atoms with Crippen LogP contribution in [0.5, 0.6) is 0 Å². The number of hydrogen-bond acceptors (Lipinski definition) is 3. The Labute approximate surface area is 119 Å². The first-order valence-corrected chi connectivity index (χ1v) is 6.70. The highest BCUT2D eigenvalue weighted by molar-refractivity contribution is 5.95. The highest BCUT2D eigenvalue weighted by atomic mass is 16.4. The second-order valence-electron chi connectivity index (χ2n) is 6.01. The largest absolute Gasteiger partial charge is 0.481 e. The Kier molecular flexibility index (Phi) is 4.92. The van der Waals surface area contributed by atoms with E-state index in [2.05, 4.69) is 10.4 Å². The molecule has 6 heteroatoms. The van der Waals surface area contributed by atoms with Crippen LogP contribution >= 0.6 is 0 Å². The van der Waals surface area contributed by atoms with Gasteiger partial charge in [-0.1, -0.05) is 27.7 Å². The Balaban J connectivity index is 2.93. The maximum atomic E-state index is 12.3. The predicted molar refractivity (Wildman–Crippen MR) is 75.5 cm³/mol. The predicted octanol–water partition coefficient (Wildman–Crippen LogP) is 1.60. The monoisotopic (exact) mass is 281 g/mol. The van der Waals surface area contributed by atoms with Crippen molar-refractivity contribution in [3.05, 3.63) is 17.5 Å². The van der Waals surface area contributed by atoms with Crippen molar-refractivity contribution in [1.29, 1.82) is 0 Å². The van der Waals surface area contributed by atoms with Gasteiger partial charge in [0, 0.05) is 19.3 Å². The number of amides is 1.